The van der Waals surface area contributed by atoms with Crippen LogP contribution in [0.1, 0.15) is 42.3 Å². The maximum absolute atomic E-state index is 12.1. The molecule has 2 unspecified atom stereocenters. The fourth-order valence-corrected chi connectivity index (χ4v) is 3.57. The minimum Gasteiger partial charge on any atom is -0.345 e. The van der Waals surface area contributed by atoms with Gasteiger partial charge in [-0.3, -0.25) is 4.79 Å². The summed E-state index contributed by atoms with van der Waals surface area (Å²) < 4.78 is 0. The van der Waals surface area contributed by atoms with Crippen molar-refractivity contribution in [1.82, 2.24) is 5.32 Å². The molecule has 0 bridgehead atoms. The molecular formula is C13H18ClNOS. The molecule has 1 amide bonds. The zero-order valence-electron chi connectivity index (χ0n) is 10.0. The van der Waals surface area contributed by atoms with Crippen LogP contribution in [0.2, 0.25) is 0 Å². The first-order valence-electron chi connectivity index (χ1n) is 6.07. The van der Waals surface area contributed by atoms with Crippen molar-refractivity contribution in [2.24, 2.45) is 5.92 Å². The van der Waals surface area contributed by atoms with Crippen molar-refractivity contribution < 1.29 is 4.79 Å². The Bertz CT molecular complexity index is 379. The summed E-state index contributed by atoms with van der Waals surface area (Å²) in [4.78, 5) is 12.9. The first-order chi connectivity index (χ1) is 8.15. The zero-order valence-corrected chi connectivity index (χ0v) is 11.6. The second-order valence-electron chi connectivity index (χ2n) is 5.05. The molecule has 1 N–H and O–H groups in total. The summed E-state index contributed by atoms with van der Waals surface area (Å²) in [5, 5.41) is 5.08. The topological polar surface area (TPSA) is 29.1 Å². The van der Waals surface area contributed by atoms with Crippen molar-refractivity contribution in [2.45, 2.75) is 38.1 Å². The van der Waals surface area contributed by atoms with E-state index in [1.165, 1.54) is 17.8 Å². The van der Waals surface area contributed by atoms with Crippen LogP contribution in [-0.2, 0) is 0 Å². The van der Waals surface area contributed by atoms with E-state index in [0.717, 1.165) is 24.1 Å². The van der Waals surface area contributed by atoms with E-state index in [2.05, 4.69) is 12.2 Å². The second-order valence-corrected chi connectivity index (χ2v) is 6.26. The summed E-state index contributed by atoms with van der Waals surface area (Å²) in [6, 6.07) is 3.75. The van der Waals surface area contributed by atoms with Gasteiger partial charge >= 0.3 is 0 Å². The minimum absolute atomic E-state index is 0.0229. The van der Waals surface area contributed by atoms with Crippen LogP contribution in [0.5, 0.6) is 0 Å². The Labute approximate surface area is 111 Å². The van der Waals surface area contributed by atoms with Crippen LogP contribution in [0.4, 0.5) is 0 Å². The largest absolute Gasteiger partial charge is 0.345 e. The van der Waals surface area contributed by atoms with Gasteiger partial charge < -0.3 is 5.32 Å². The highest BCUT2D eigenvalue weighted by atomic mass is 35.5. The van der Waals surface area contributed by atoms with Crippen molar-refractivity contribution in [1.29, 1.82) is 0 Å². The number of alkyl halides is 1. The third kappa shape index (κ3) is 3.02. The van der Waals surface area contributed by atoms with Crippen molar-refractivity contribution in [3.05, 3.63) is 22.4 Å². The molecule has 0 aromatic carbocycles. The SMILES string of the molecule is CC1CCCC(CCl)(NC(=O)c2cccs2)C1. The Morgan fingerprint density at radius 2 is 2.53 bits per heavy atom. The molecule has 4 heteroatoms. The van der Waals surface area contributed by atoms with E-state index in [4.69, 9.17) is 11.6 Å². The number of halogens is 1. The van der Waals surface area contributed by atoms with Crippen LogP contribution in [0.15, 0.2) is 17.5 Å². The molecule has 0 spiro atoms. The number of hydrogen-bond acceptors (Lipinski definition) is 2. The quantitative estimate of drug-likeness (QED) is 0.835. The van der Waals surface area contributed by atoms with E-state index in [-0.39, 0.29) is 11.4 Å². The Balaban J connectivity index is 2.06. The summed E-state index contributed by atoms with van der Waals surface area (Å²) in [5.41, 5.74) is -0.194. The fraction of sp³-hybridized carbons (Fsp3) is 0.615. The van der Waals surface area contributed by atoms with Crippen LogP contribution < -0.4 is 5.32 Å². The van der Waals surface area contributed by atoms with Crippen molar-refractivity contribution in [2.75, 3.05) is 5.88 Å². The van der Waals surface area contributed by atoms with E-state index < -0.39 is 0 Å². The maximum Gasteiger partial charge on any atom is 0.261 e. The van der Waals surface area contributed by atoms with Gasteiger partial charge in [-0.15, -0.1) is 22.9 Å². The standard InChI is InChI=1S/C13H18ClNOS/c1-10-4-2-6-13(8-10,9-14)15-12(16)11-5-3-7-17-11/h3,5,7,10H,2,4,6,8-9H2,1H3,(H,15,16). The van der Waals surface area contributed by atoms with Crippen LogP contribution in [0.25, 0.3) is 0 Å². The minimum atomic E-state index is -0.194. The number of carbonyl (C=O) groups excluding carboxylic acids is 1. The van der Waals surface area contributed by atoms with Gasteiger partial charge in [0.2, 0.25) is 0 Å². The van der Waals surface area contributed by atoms with E-state index in [1.807, 2.05) is 17.5 Å². The Morgan fingerprint density at radius 1 is 1.71 bits per heavy atom. The number of carbonyl (C=O) groups is 1. The molecule has 17 heavy (non-hydrogen) atoms. The predicted molar refractivity (Wildman–Crippen MR) is 72.9 cm³/mol. The molecule has 2 nitrogen and oxygen atoms in total. The second kappa shape index (κ2) is 5.40. The highest BCUT2D eigenvalue weighted by Gasteiger charge is 2.35. The first kappa shape index (κ1) is 12.9. The molecule has 1 fully saturated rings. The first-order valence-corrected chi connectivity index (χ1v) is 7.49. The molecule has 94 valence electrons. The van der Waals surface area contributed by atoms with Crippen molar-refractivity contribution >= 4 is 28.8 Å². The van der Waals surface area contributed by atoms with Gasteiger partial charge in [-0.05, 0) is 30.2 Å². The number of amides is 1. The number of nitrogens with one attached hydrogen (secondary N) is 1. The van der Waals surface area contributed by atoms with Crippen LogP contribution >= 0.6 is 22.9 Å². The molecule has 1 heterocycles. The Hall–Kier alpha value is -0.540. The van der Waals surface area contributed by atoms with Crippen molar-refractivity contribution in [3.8, 4) is 0 Å². The van der Waals surface area contributed by atoms with Gasteiger partial charge in [0, 0.05) is 5.88 Å². The fourth-order valence-electron chi connectivity index (χ4n) is 2.64. The van der Waals surface area contributed by atoms with Gasteiger partial charge in [0.1, 0.15) is 0 Å². The summed E-state index contributed by atoms with van der Waals surface area (Å²) in [6.45, 7) is 2.23. The normalized spacial score (nSPS) is 28.9. The van der Waals surface area contributed by atoms with E-state index in [0.29, 0.717) is 11.8 Å². The number of hydrogen-bond donors (Lipinski definition) is 1. The number of rotatable bonds is 3. The molecule has 1 aliphatic carbocycles. The lowest BCUT2D eigenvalue weighted by molar-refractivity contribution is 0.0871. The summed E-state index contributed by atoms with van der Waals surface area (Å²) >= 11 is 7.57. The van der Waals surface area contributed by atoms with E-state index in [9.17, 15) is 4.79 Å². The van der Waals surface area contributed by atoms with Gasteiger partial charge in [0.15, 0.2) is 0 Å². The third-order valence-corrected chi connectivity index (χ3v) is 4.85. The van der Waals surface area contributed by atoms with E-state index in [1.54, 1.807) is 0 Å². The lowest BCUT2D eigenvalue weighted by Crippen LogP contribution is -2.52. The van der Waals surface area contributed by atoms with Gasteiger partial charge in [-0.1, -0.05) is 25.8 Å². The van der Waals surface area contributed by atoms with Crippen LogP contribution in [0.3, 0.4) is 0 Å². The van der Waals surface area contributed by atoms with Crippen molar-refractivity contribution in [3.63, 3.8) is 0 Å². The highest BCUT2D eigenvalue weighted by Crippen LogP contribution is 2.33. The molecule has 1 aromatic heterocycles. The number of thiophene rings is 1. The Kier molecular flexibility index (Phi) is 4.10. The molecule has 0 aliphatic heterocycles. The summed E-state index contributed by atoms with van der Waals surface area (Å²) in [5.74, 6) is 1.18. The van der Waals surface area contributed by atoms with E-state index >= 15 is 0 Å². The molecule has 1 aliphatic rings. The molecule has 1 aromatic rings. The predicted octanol–water partition coefficient (Wildman–Crippen LogP) is 3.67. The molecule has 2 rings (SSSR count). The third-order valence-electron chi connectivity index (χ3n) is 3.47. The van der Waals surface area contributed by atoms with Gasteiger partial charge in [-0.2, -0.15) is 0 Å². The monoisotopic (exact) mass is 271 g/mol. The molecule has 2 atom stereocenters. The summed E-state index contributed by atoms with van der Waals surface area (Å²) in [7, 11) is 0. The lowest BCUT2D eigenvalue weighted by Gasteiger charge is -2.39. The summed E-state index contributed by atoms with van der Waals surface area (Å²) in [6.07, 6.45) is 4.39. The van der Waals surface area contributed by atoms with Crippen LogP contribution in [0, 0.1) is 5.92 Å². The van der Waals surface area contributed by atoms with Crippen LogP contribution in [-0.4, -0.2) is 17.3 Å². The maximum atomic E-state index is 12.1. The van der Waals surface area contributed by atoms with Gasteiger partial charge in [0.25, 0.3) is 5.91 Å². The molecule has 1 saturated carbocycles. The van der Waals surface area contributed by atoms with Gasteiger partial charge in [0.05, 0.1) is 10.4 Å². The zero-order chi connectivity index (χ0) is 12.3. The smallest absolute Gasteiger partial charge is 0.261 e. The molecule has 0 saturated heterocycles. The van der Waals surface area contributed by atoms with Gasteiger partial charge in [-0.25, -0.2) is 0 Å². The highest BCUT2D eigenvalue weighted by molar-refractivity contribution is 7.12. The molecular weight excluding hydrogens is 254 g/mol. The average Bonchev–Trinajstić information content (AvgIpc) is 2.82. The lowest BCUT2D eigenvalue weighted by atomic mass is 9.77. The average molecular weight is 272 g/mol. The molecule has 0 radical (unpaired) electrons. The Morgan fingerprint density at radius 3 is 3.12 bits per heavy atom.